The van der Waals surface area contributed by atoms with E-state index >= 15 is 0 Å². The second-order valence-corrected chi connectivity index (χ2v) is 6.97. The van der Waals surface area contributed by atoms with E-state index in [1.165, 1.54) is 44.9 Å². The van der Waals surface area contributed by atoms with Gasteiger partial charge in [-0.1, -0.05) is 0 Å². The molecule has 3 nitrogen and oxygen atoms in total. The van der Waals surface area contributed by atoms with E-state index in [-0.39, 0.29) is 0 Å². The summed E-state index contributed by atoms with van der Waals surface area (Å²) in [6.07, 6.45) is 9.63. The molecule has 2 bridgehead atoms. The van der Waals surface area contributed by atoms with Crippen LogP contribution in [-0.4, -0.2) is 50.3 Å². The predicted molar refractivity (Wildman–Crippen MR) is 78.3 cm³/mol. The third-order valence-corrected chi connectivity index (χ3v) is 6.00. The molecule has 19 heavy (non-hydrogen) atoms. The molecular formula is C16H30N2O. The molecule has 0 amide bonds. The molecule has 0 spiro atoms. The lowest BCUT2D eigenvalue weighted by Gasteiger charge is -2.41. The second kappa shape index (κ2) is 6.11. The van der Waals surface area contributed by atoms with Crippen molar-refractivity contribution in [3.8, 4) is 0 Å². The summed E-state index contributed by atoms with van der Waals surface area (Å²) in [6, 6.07) is 2.48. The molecule has 1 N–H and O–H groups in total. The Balaban J connectivity index is 1.56. The van der Waals surface area contributed by atoms with Gasteiger partial charge in [0.25, 0.3) is 0 Å². The van der Waals surface area contributed by atoms with Crippen molar-refractivity contribution in [3.63, 3.8) is 0 Å². The normalized spacial score (nSPS) is 38.5. The highest BCUT2D eigenvalue weighted by molar-refractivity contribution is 4.96. The van der Waals surface area contributed by atoms with Crippen LogP contribution in [0.5, 0.6) is 0 Å². The Morgan fingerprint density at radius 1 is 1.11 bits per heavy atom. The van der Waals surface area contributed by atoms with Crippen LogP contribution in [0.15, 0.2) is 0 Å². The molecule has 3 aliphatic heterocycles. The van der Waals surface area contributed by atoms with Gasteiger partial charge in [0.2, 0.25) is 0 Å². The maximum atomic E-state index is 5.49. The molecule has 0 radical (unpaired) electrons. The minimum Gasteiger partial charge on any atom is -0.381 e. The van der Waals surface area contributed by atoms with Crippen LogP contribution < -0.4 is 5.32 Å². The van der Waals surface area contributed by atoms with Crippen molar-refractivity contribution >= 4 is 0 Å². The van der Waals surface area contributed by atoms with E-state index in [1.54, 1.807) is 0 Å². The molecule has 0 saturated carbocycles. The van der Waals surface area contributed by atoms with E-state index in [0.29, 0.717) is 0 Å². The van der Waals surface area contributed by atoms with E-state index in [9.17, 15) is 0 Å². The Morgan fingerprint density at radius 3 is 2.32 bits per heavy atom. The number of nitrogens with one attached hydrogen (secondary N) is 1. The number of fused-ring (bicyclic) bond motifs is 2. The first kappa shape index (κ1) is 13.8. The molecular weight excluding hydrogens is 236 g/mol. The van der Waals surface area contributed by atoms with Gasteiger partial charge in [0, 0.05) is 31.3 Å². The van der Waals surface area contributed by atoms with Crippen LogP contribution in [-0.2, 0) is 4.74 Å². The summed E-state index contributed by atoms with van der Waals surface area (Å²) >= 11 is 0. The van der Waals surface area contributed by atoms with Gasteiger partial charge >= 0.3 is 0 Å². The largest absolute Gasteiger partial charge is 0.381 e. The summed E-state index contributed by atoms with van der Waals surface area (Å²) in [6.45, 7) is 1.97. The quantitative estimate of drug-likeness (QED) is 0.845. The first-order valence-corrected chi connectivity index (χ1v) is 8.25. The van der Waals surface area contributed by atoms with E-state index < -0.39 is 0 Å². The van der Waals surface area contributed by atoms with Crippen LogP contribution in [0.1, 0.15) is 44.9 Å². The fourth-order valence-electron chi connectivity index (χ4n) is 4.67. The highest BCUT2D eigenvalue weighted by atomic mass is 16.5. The first-order valence-electron chi connectivity index (χ1n) is 8.25. The number of hydrogen-bond donors (Lipinski definition) is 1. The fraction of sp³-hybridized carbons (Fsp3) is 1.00. The number of nitrogens with zero attached hydrogens (tertiary/aromatic N) is 1. The van der Waals surface area contributed by atoms with Crippen LogP contribution in [0.4, 0.5) is 0 Å². The maximum Gasteiger partial charge on any atom is 0.0468 e. The van der Waals surface area contributed by atoms with Crippen molar-refractivity contribution in [2.75, 3.05) is 27.3 Å². The Labute approximate surface area is 118 Å². The minimum absolute atomic E-state index is 0.736. The van der Waals surface area contributed by atoms with Crippen molar-refractivity contribution in [3.05, 3.63) is 0 Å². The van der Waals surface area contributed by atoms with Gasteiger partial charge in [0.15, 0.2) is 0 Å². The third kappa shape index (κ3) is 2.98. The lowest BCUT2D eigenvalue weighted by atomic mass is 9.80. The highest BCUT2D eigenvalue weighted by Crippen LogP contribution is 2.40. The summed E-state index contributed by atoms with van der Waals surface area (Å²) in [7, 11) is 4.51. The van der Waals surface area contributed by atoms with E-state index in [1.807, 2.05) is 0 Å². The van der Waals surface area contributed by atoms with Gasteiger partial charge in [0.1, 0.15) is 0 Å². The smallest absolute Gasteiger partial charge is 0.0468 e. The summed E-state index contributed by atoms with van der Waals surface area (Å²) < 4.78 is 5.49. The molecule has 0 aromatic rings. The average Bonchev–Trinajstić information content (AvgIpc) is 2.68. The van der Waals surface area contributed by atoms with Crippen LogP contribution in [0.25, 0.3) is 0 Å². The third-order valence-electron chi connectivity index (χ3n) is 6.00. The lowest BCUT2D eigenvalue weighted by molar-refractivity contribution is 0.0513. The molecule has 0 aromatic heterocycles. The maximum absolute atomic E-state index is 5.49. The molecule has 3 fully saturated rings. The van der Waals surface area contributed by atoms with Gasteiger partial charge in [-0.05, 0) is 70.9 Å². The molecule has 3 aliphatic rings. The SMILES string of the molecule is CNC(CC1CCOCC1)C1CC2CCC(C1)N2C. The fourth-order valence-corrected chi connectivity index (χ4v) is 4.67. The van der Waals surface area contributed by atoms with Crippen molar-refractivity contribution in [1.82, 2.24) is 10.2 Å². The van der Waals surface area contributed by atoms with Crippen LogP contribution >= 0.6 is 0 Å². The van der Waals surface area contributed by atoms with Crippen molar-refractivity contribution < 1.29 is 4.74 Å². The molecule has 3 heteroatoms. The molecule has 3 unspecified atom stereocenters. The molecule has 3 rings (SSSR count). The van der Waals surface area contributed by atoms with E-state index in [4.69, 9.17) is 4.74 Å². The Kier molecular flexibility index (Phi) is 4.45. The van der Waals surface area contributed by atoms with Gasteiger partial charge < -0.3 is 15.0 Å². The molecule has 3 atom stereocenters. The van der Waals surface area contributed by atoms with Gasteiger partial charge in [-0.25, -0.2) is 0 Å². The zero-order valence-corrected chi connectivity index (χ0v) is 12.6. The topological polar surface area (TPSA) is 24.5 Å². The highest BCUT2D eigenvalue weighted by Gasteiger charge is 2.40. The van der Waals surface area contributed by atoms with Gasteiger partial charge in [0.05, 0.1) is 0 Å². The minimum atomic E-state index is 0.736. The van der Waals surface area contributed by atoms with E-state index in [0.717, 1.165) is 43.2 Å². The number of hydrogen-bond acceptors (Lipinski definition) is 3. The standard InChI is InChI=1S/C16H30N2O/c1-17-16(9-12-5-7-19-8-6-12)13-10-14-3-4-15(11-13)18(14)2/h12-17H,3-11H2,1-2H3. The number of piperidine rings is 1. The molecule has 110 valence electrons. The summed E-state index contributed by atoms with van der Waals surface area (Å²) in [5.74, 6) is 1.80. The summed E-state index contributed by atoms with van der Waals surface area (Å²) in [4.78, 5) is 2.65. The van der Waals surface area contributed by atoms with Crippen molar-refractivity contribution in [1.29, 1.82) is 0 Å². The zero-order valence-electron chi connectivity index (χ0n) is 12.6. The molecule has 0 aliphatic carbocycles. The molecule has 0 aromatic carbocycles. The second-order valence-electron chi connectivity index (χ2n) is 6.97. The Morgan fingerprint density at radius 2 is 1.74 bits per heavy atom. The zero-order chi connectivity index (χ0) is 13.2. The Bertz CT molecular complexity index is 276. The summed E-state index contributed by atoms with van der Waals surface area (Å²) in [5.41, 5.74) is 0. The predicted octanol–water partition coefficient (Wildman–Crippen LogP) is 2.26. The number of ether oxygens (including phenoxy) is 1. The number of rotatable bonds is 4. The summed E-state index contributed by atoms with van der Waals surface area (Å²) in [5, 5.41) is 3.64. The Hall–Kier alpha value is -0.120. The monoisotopic (exact) mass is 266 g/mol. The van der Waals surface area contributed by atoms with E-state index in [2.05, 4.69) is 24.3 Å². The molecule has 3 saturated heterocycles. The van der Waals surface area contributed by atoms with Crippen LogP contribution in [0.3, 0.4) is 0 Å². The lowest BCUT2D eigenvalue weighted by Crippen LogP contribution is -2.47. The average molecular weight is 266 g/mol. The van der Waals surface area contributed by atoms with Crippen molar-refractivity contribution in [2.24, 2.45) is 11.8 Å². The van der Waals surface area contributed by atoms with Gasteiger partial charge in [-0.15, -0.1) is 0 Å². The van der Waals surface area contributed by atoms with Gasteiger partial charge in [-0.2, -0.15) is 0 Å². The molecule has 3 heterocycles. The van der Waals surface area contributed by atoms with Crippen LogP contribution in [0.2, 0.25) is 0 Å². The van der Waals surface area contributed by atoms with Crippen LogP contribution in [0, 0.1) is 11.8 Å². The first-order chi connectivity index (χ1) is 9.28. The van der Waals surface area contributed by atoms with Gasteiger partial charge in [-0.3, -0.25) is 0 Å². The van der Waals surface area contributed by atoms with Crippen molar-refractivity contribution in [2.45, 2.75) is 63.1 Å².